The average molecular weight is 346 g/mol. The van der Waals surface area contributed by atoms with Gasteiger partial charge in [-0.05, 0) is 47.6 Å². The lowest BCUT2D eigenvalue weighted by molar-refractivity contribution is -0.124. The van der Waals surface area contributed by atoms with Gasteiger partial charge in [0.15, 0.2) is 0 Å². The number of benzene rings is 1. The summed E-state index contributed by atoms with van der Waals surface area (Å²) in [5.74, 6) is -1.47. The number of hydrogen-bond donors (Lipinski definition) is 2. The zero-order valence-corrected chi connectivity index (χ0v) is 15.3. The molecule has 6 nitrogen and oxygen atoms in total. The van der Waals surface area contributed by atoms with E-state index in [0.717, 1.165) is 6.07 Å². The zero-order valence-electron chi connectivity index (χ0n) is 15.3. The minimum Gasteiger partial charge on any atom is -0.350 e. The van der Waals surface area contributed by atoms with Crippen LogP contribution in [0.3, 0.4) is 0 Å². The fraction of sp³-hybridized carbons (Fsp3) is 0.444. The number of nitrogens with one attached hydrogen (secondary N) is 2. The molecule has 2 N–H and O–H groups in total. The SMILES string of the molecule is Cc1nc2cc(F)cc(C(=O)NC(C)C(=O)NC(C)(C)C)c2nc1C. The van der Waals surface area contributed by atoms with Gasteiger partial charge in [0.2, 0.25) is 5.91 Å². The molecule has 0 fully saturated rings. The van der Waals surface area contributed by atoms with Crippen molar-refractivity contribution in [1.82, 2.24) is 20.6 Å². The molecule has 1 aromatic carbocycles. The van der Waals surface area contributed by atoms with Crippen LogP contribution in [-0.2, 0) is 4.79 Å². The molecule has 7 heteroatoms. The van der Waals surface area contributed by atoms with E-state index in [0.29, 0.717) is 22.4 Å². The quantitative estimate of drug-likeness (QED) is 0.894. The molecule has 1 atom stereocenters. The van der Waals surface area contributed by atoms with Crippen molar-refractivity contribution in [3.8, 4) is 0 Å². The lowest BCUT2D eigenvalue weighted by Gasteiger charge is -2.23. The Morgan fingerprint density at radius 2 is 1.72 bits per heavy atom. The maximum atomic E-state index is 13.9. The number of amides is 2. The average Bonchev–Trinajstić information content (AvgIpc) is 2.46. The lowest BCUT2D eigenvalue weighted by atomic mass is 10.1. The van der Waals surface area contributed by atoms with Crippen LogP contribution in [0.15, 0.2) is 12.1 Å². The van der Waals surface area contributed by atoms with Crippen molar-refractivity contribution in [2.75, 3.05) is 0 Å². The second-order valence-corrected chi connectivity index (χ2v) is 7.15. The van der Waals surface area contributed by atoms with E-state index in [1.54, 1.807) is 20.8 Å². The molecule has 0 bridgehead atoms. The number of rotatable bonds is 3. The maximum absolute atomic E-state index is 13.9. The third kappa shape index (κ3) is 4.49. The summed E-state index contributed by atoms with van der Waals surface area (Å²) in [4.78, 5) is 33.3. The van der Waals surface area contributed by atoms with Gasteiger partial charge in [0.25, 0.3) is 5.91 Å². The molecule has 1 aromatic heterocycles. The molecule has 1 unspecified atom stereocenters. The summed E-state index contributed by atoms with van der Waals surface area (Å²) in [6.45, 7) is 10.7. The first kappa shape index (κ1) is 18.8. The molecule has 134 valence electrons. The molecular weight excluding hydrogens is 323 g/mol. The van der Waals surface area contributed by atoms with Crippen LogP contribution in [0.2, 0.25) is 0 Å². The summed E-state index contributed by atoms with van der Waals surface area (Å²) < 4.78 is 13.9. The molecule has 25 heavy (non-hydrogen) atoms. The van der Waals surface area contributed by atoms with Gasteiger partial charge in [-0.1, -0.05) is 0 Å². The van der Waals surface area contributed by atoms with E-state index in [1.165, 1.54) is 6.07 Å². The van der Waals surface area contributed by atoms with Gasteiger partial charge < -0.3 is 10.6 Å². The number of aryl methyl sites for hydroxylation is 2. The van der Waals surface area contributed by atoms with Crippen LogP contribution in [0.1, 0.15) is 49.4 Å². The first-order chi connectivity index (χ1) is 11.5. The number of aromatic nitrogens is 2. The molecule has 0 radical (unpaired) electrons. The van der Waals surface area contributed by atoms with Gasteiger partial charge >= 0.3 is 0 Å². The molecule has 0 saturated heterocycles. The zero-order chi connectivity index (χ0) is 18.9. The van der Waals surface area contributed by atoms with Crippen molar-refractivity contribution in [3.63, 3.8) is 0 Å². The predicted molar refractivity (Wildman–Crippen MR) is 93.8 cm³/mol. The van der Waals surface area contributed by atoms with Crippen LogP contribution in [0.5, 0.6) is 0 Å². The van der Waals surface area contributed by atoms with Crippen LogP contribution < -0.4 is 10.6 Å². The van der Waals surface area contributed by atoms with Gasteiger partial charge in [0.1, 0.15) is 17.4 Å². The molecule has 0 saturated carbocycles. The third-order valence-corrected chi connectivity index (χ3v) is 3.63. The number of carbonyl (C=O) groups is 2. The third-order valence-electron chi connectivity index (χ3n) is 3.63. The van der Waals surface area contributed by atoms with Crippen LogP contribution in [0.4, 0.5) is 4.39 Å². The van der Waals surface area contributed by atoms with E-state index >= 15 is 0 Å². The summed E-state index contributed by atoms with van der Waals surface area (Å²) in [5.41, 5.74) is 1.59. The normalized spacial score (nSPS) is 12.8. The molecule has 2 rings (SSSR count). The van der Waals surface area contributed by atoms with Crippen LogP contribution >= 0.6 is 0 Å². The van der Waals surface area contributed by atoms with Crippen molar-refractivity contribution in [2.45, 2.75) is 53.1 Å². The highest BCUT2D eigenvalue weighted by Gasteiger charge is 2.23. The lowest BCUT2D eigenvalue weighted by Crippen LogP contribution is -2.50. The largest absolute Gasteiger partial charge is 0.350 e. The fourth-order valence-corrected chi connectivity index (χ4v) is 2.29. The summed E-state index contributed by atoms with van der Waals surface area (Å²) in [7, 11) is 0. The van der Waals surface area contributed by atoms with Gasteiger partial charge in [0, 0.05) is 11.6 Å². The molecular formula is C18H23FN4O2. The first-order valence-corrected chi connectivity index (χ1v) is 8.05. The second kappa shape index (κ2) is 6.74. The standard InChI is InChI=1S/C18H23FN4O2/c1-9-10(2)21-15-13(7-12(19)8-14(15)20-9)17(25)22-11(3)16(24)23-18(4,5)6/h7-8,11H,1-6H3,(H,22,25)(H,23,24). The Hall–Kier alpha value is -2.57. The molecule has 1 heterocycles. The topological polar surface area (TPSA) is 84.0 Å². The van der Waals surface area contributed by atoms with Crippen LogP contribution in [0.25, 0.3) is 11.0 Å². The van der Waals surface area contributed by atoms with E-state index in [4.69, 9.17) is 0 Å². The Bertz CT molecular complexity index is 843. The summed E-state index contributed by atoms with van der Waals surface area (Å²) in [6, 6.07) is 1.57. The summed E-state index contributed by atoms with van der Waals surface area (Å²) in [6.07, 6.45) is 0. The van der Waals surface area contributed by atoms with E-state index < -0.39 is 23.3 Å². The molecule has 0 aliphatic carbocycles. The molecule has 0 aliphatic rings. The Labute approximate surface area is 146 Å². The minimum absolute atomic E-state index is 0.0565. The van der Waals surface area contributed by atoms with Crippen molar-refractivity contribution >= 4 is 22.8 Å². The number of halogens is 1. The van der Waals surface area contributed by atoms with E-state index in [-0.39, 0.29) is 11.5 Å². The maximum Gasteiger partial charge on any atom is 0.254 e. The minimum atomic E-state index is -0.774. The summed E-state index contributed by atoms with van der Waals surface area (Å²) >= 11 is 0. The van der Waals surface area contributed by atoms with E-state index in [1.807, 2.05) is 20.8 Å². The van der Waals surface area contributed by atoms with Crippen molar-refractivity contribution in [2.24, 2.45) is 0 Å². The number of fused-ring (bicyclic) bond motifs is 1. The summed E-state index contributed by atoms with van der Waals surface area (Å²) in [5, 5.41) is 5.37. The van der Waals surface area contributed by atoms with Gasteiger partial charge in [-0.2, -0.15) is 0 Å². The highest BCUT2D eigenvalue weighted by Crippen LogP contribution is 2.19. The van der Waals surface area contributed by atoms with Crippen molar-refractivity contribution in [3.05, 3.63) is 34.9 Å². The smallest absolute Gasteiger partial charge is 0.254 e. The Balaban J connectivity index is 2.33. The predicted octanol–water partition coefficient (Wildman–Crippen LogP) is 2.42. The number of nitrogens with zero attached hydrogens (tertiary/aromatic N) is 2. The van der Waals surface area contributed by atoms with Gasteiger partial charge in [0.05, 0.1) is 22.5 Å². The Morgan fingerprint density at radius 1 is 1.12 bits per heavy atom. The monoisotopic (exact) mass is 346 g/mol. The van der Waals surface area contributed by atoms with E-state index in [9.17, 15) is 14.0 Å². The Morgan fingerprint density at radius 3 is 2.32 bits per heavy atom. The van der Waals surface area contributed by atoms with Gasteiger partial charge in [-0.15, -0.1) is 0 Å². The highest BCUT2D eigenvalue weighted by molar-refractivity contribution is 6.06. The van der Waals surface area contributed by atoms with Crippen molar-refractivity contribution < 1.29 is 14.0 Å². The Kier molecular flexibility index (Phi) is 5.06. The fourth-order valence-electron chi connectivity index (χ4n) is 2.29. The number of hydrogen-bond acceptors (Lipinski definition) is 4. The molecule has 2 aromatic rings. The molecule has 0 spiro atoms. The molecule has 2 amide bonds. The molecule has 0 aliphatic heterocycles. The first-order valence-electron chi connectivity index (χ1n) is 8.05. The highest BCUT2D eigenvalue weighted by atomic mass is 19.1. The van der Waals surface area contributed by atoms with Gasteiger partial charge in [-0.25, -0.2) is 14.4 Å². The second-order valence-electron chi connectivity index (χ2n) is 7.15. The van der Waals surface area contributed by atoms with Gasteiger partial charge in [-0.3, -0.25) is 9.59 Å². The van der Waals surface area contributed by atoms with Crippen LogP contribution in [-0.4, -0.2) is 33.4 Å². The van der Waals surface area contributed by atoms with E-state index in [2.05, 4.69) is 20.6 Å². The van der Waals surface area contributed by atoms with Crippen LogP contribution in [0, 0.1) is 19.7 Å². The number of carbonyl (C=O) groups excluding carboxylic acids is 2. The van der Waals surface area contributed by atoms with Crippen molar-refractivity contribution in [1.29, 1.82) is 0 Å².